The first kappa shape index (κ1) is 18.2. The summed E-state index contributed by atoms with van der Waals surface area (Å²) >= 11 is 0. The quantitative estimate of drug-likeness (QED) is 0.434. The molecule has 5 rings (SSSR count). The second-order valence-electron chi connectivity index (χ2n) is 7.13. The number of carbonyl (C=O) groups is 1. The Hall–Kier alpha value is -3.87. The number of aryl methyl sites for hydroxylation is 2. The SMILES string of the molecule is CCOC(=O)c1c(N)n(CCc2c[nH]c3ccccc23)c2nc3ccccc3nc12. The zero-order valence-corrected chi connectivity index (χ0v) is 16.6. The van der Waals surface area contributed by atoms with Gasteiger partial charge in [-0.05, 0) is 37.1 Å². The van der Waals surface area contributed by atoms with E-state index in [0.29, 0.717) is 29.0 Å². The predicted octanol–water partition coefficient (Wildman–Crippen LogP) is 4.07. The number of carbonyl (C=O) groups excluding carboxylic acids is 1. The summed E-state index contributed by atoms with van der Waals surface area (Å²) in [5.74, 6) is -0.144. The number of nitrogens with one attached hydrogen (secondary N) is 1. The van der Waals surface area contributed by atoms with E-state index in [1.807, 2.05) is 47.2 Å². The summed E-state index contributed by atoms with van der Waals surface area (Å²) in [5.41, 5.74) is 11.5. The Labute approximate surface area is 172 Å². The van der Waals surface area contributed by atoms with Gasteiger partial charge in [0.05, 0.1) is 17.6 Å². The Balaban J connectivity index is 1.63. The lowest BCUT2D eigenvalue weighted by atomic mass is 10.1. The minimum Gasteiger partial charge on any atom is -0.462 e. The van der Waals surface area contributed by atoms with E-state index in [4.69, 9.17) is 15.5 Å². The molecule has 30 heavy (non-hydrogen) atoms. The number of fused-ring (bicyclic) bond motifs is 3. The summed E-state index contributed by atoms with van der Waals surface area (Å²) in [5, 5.41) is 1.18. The van der Waals surface area contributed by atoms with Crippen LogP contribution in [0.5, 0.6) is 0 Å². The molecule has 7 heteroatoms. The normalized spacial score (nSPS) is 11.5. The summed E-state index contributed by atoms with van der Waals surface area (Å²) in [7, 11) is 0. The first-order chi connectivity index (χ1) is 14.7. The molecule has 7 nitrogen and oxygen atoms in total. The summed E-state index contributed by atoms with van der Waals surface area (Å²) in [6.07, 6.45) is 2.74. The fraction of sp³-hybridized carbons (Fsp3) is 0.174. The van der Waals surface area contributed by atoms with Gasteiger partial charge in [-0.25, -0.2) is 14.8 Å². The molecular formula is C23H21N5O2. The van der Waals surface area contributed by atoms with Crippen LogP contribution in [0.15, 0.2) is 54.7 Å². The van der Waals surface area contributed by atoms with Crippen molar-refractivity contribution in [1.29, 1.82) is 0 Å². The van der Waals surface area contributed by atoms with Crippen LogP contribution in [0.2, 0.25) is 0 Å². The number of aromatic nitrogens is 4. The molecule has 150 valence electrons. The lowest BCUT2D eigenvalue weighted by molar-refractivity contribution is 0.0529. The first-order valence-electron chi connectivity index (χ1n) is 9.94. The highest BCUT2D eigenvalue weighted by atomic mass is 16.5. The van der Waals surface area contributed by atoms with E-state index in [9.17, 15) is 4.79 Å². The van der Waals surface area contributed by atoms with Crippen LogP contribution in [0.25, 0.3) is 33.1 Å². The molecule has 0 bridgehead atoms. The predicted molar refractivity (Wildman–Crippen MR) is 117 cm³/mol. The molecule has 3 heterocycles. The van der Waals surface area contributed by atoms with Gasteiger partial charge in [0.2, 0.25) is 0 Å². The molecule has 0 saturated heterocycles. The molecule has 0 saturated carbocycles. The van der Waals surface area contributed by atoms with Gasteiger partial charge in [0, 0.05) is 23.6 Å². The molecule has 0 fully saturated rings. The number of rotatable bonds is 5. The molecule has 0 atom stereocenters. The van der Waals surface area contributed by atoms with Crippen molar-refractivity contribution in [1.82, 2.24) is 19.5 Å². The molecule has 0 aliphatic carbocycles. The standard InChI is InChI=1S/C23H21N5O2/c1-2-30-23(29)19-20-22(27-18-10-6-5-9-17(18)26-20)28(21(19)24)12-11-14-13-25-16-8-4-3-7-15(14)16/h3-10,13,25H,2,11-12,24H2,1H3. The van der Waals surface area contributed by atoms with Gasteiger partial charge >= 0.3 is 5.97 Å². The average molecular weight is 399 g/mol. The smallest absolute Gasteiger partial charge is 0.344 e. The van der Waals surface area contributed by atoms with Crippen molar-refractivity contribution < 1.29 is 9.53 Å². The van der Waals surface area contributed by atoms with Crippen molar-refractivity contribution in [3.63, 3.8) is 0 Å². The van der Waals surface area contributed by atoms with Crippen LogP contribution in [-0.4, -0.2) is 32.1 Å². The third kappa shape index (κ3) is 2.86. The highest BCUT2D eigenvalue weighted by Crippen LogP contribution is 2.29. The summed E-state index contributed by atoms with van der Waals surface area (Å²) in [6.45, 7) is 2.60. The highest BCUT2D eigenvalue weighted by molar-refractivity contribution is 6.08. The molecule has 2 aromatic carbocycles. The van der Waals surface area contributed by atoms with Crippen LogP contribution < -0.4 is 5.73 Å². The average Bonchev–Trinajstić information content (AvgIpc) is 3.28. The maximum absolute atomic E-state index is 12.6. The van der Waals surface area contributed by atoms with Gasteiger partial charge in [0.1, 0.15) is 16.9 Å². The molecule has 0 amide bonds. The topological polar surface area (TPSA) is 98.8 Å². The Morgan fingerprint density at radius 1 is 1.10 bits per heavy atom. The Morgan fingerprint density at radius 3 is 2.63 bits per heavy atom. The number of hydrogen-bond donors (Lipinski definition) is 2. The number of ether oxygens (including phenoxy) is 1. The minimum absolute atomic E-state index is 0.265. The van der Waals surface area contributed by atoms with Crippen molar-refractivity contribution in [2.24, 2.45) is 0 Å². The summed E-state index contributed by atoms with van der Waals surface area (Å²) in [6, 6.07) is 15.8. The van der Waals surface area contributed by atoms with Crippen LogP contribution in [0.3, 0.4) is 0 Å². The minimum atomic E-state index is -0.476. The zero-order valence-electron chi connectivity index (χ0n) is 16.6. The molecule has 0 radical (unpaired) electrons. The van der Waals surface area contributed by atoms with Crippen molar-refractivity contribution in [3.8, 4) is 0 Å². The Kier molecular flexibility index (Phi) is 4.35. The molecule has 0 aliphatic heterocycles. The van der Waals surface area contributed by atoms with Crippen LogP contribution in [0.1, 0.15) is 22.8 Å². The molecule has 3 N–H and O–H groups in total. The Bertz CT molecular complexity index is 1400. The largest absolute Gasteiger partial charge is 0.462 e. The van der Waals surface area contributed by atoms with E-state index in [1.54, 1.807) is 6.92 Å². The lowest BCUT2D eigenvalue weighted by Crippen LogP contribution is -2.10. The van der Waals surface area contributed by atoms with E-state index >= 15 is 0 Å². The number of aromatic amines is 1. The number of nitrogen functional groups attached to an aromatic ring is 1. The number of benzene rings is 2. The highest BCUT2D eigenvalue weighted by Gasteiger charge is 2.25. The van der Waals surface area contributed by atoms with Gasteiger partial charge in [-0.15, -0.1) is 0 Å². The third-order valence-corrected chi connectivity index (χ3v) is 5.35. The molecule has 3 aromatic heterocycles. The second kappa shape index (κ2) is 7.18. The van der Waals surface area contributed by atoms with Crippen molar-refractivity contribution in [2.75, 3.05) is 12.3 Å². The maximum Gasteiger partial charge on any atom is 0.344 e. The zero-order chi connectivity index (χ0) is 20.7. The van der Waals surface area contributed by atoms with E-state index in [0.717, 1.165) is 17.5 Å². The van der Waals surface area contributed by atoms with Gasteiger partial charge in [-0.1, -0.05) is 30.3 Å². The van der Waals surface area contributed by atoms with E-state index in [-0.39, 0.29) is 12.2 Å². The fourth-order valence-corrected chi connectivity index (χ4v) is 3.92. The van der Waals surface area contributed by atoms with Crippen LogP contribution in [-0.2, 0) is 17.7 Å². The second-order valence-corrected chi connectivity index (χ2v) is 7.13. The number of hydrogen-bond acceptors (Lipinski definition) is 5. The number of anilines is 1. The summed E-state index contributed by atoms with van der Waals surface area (Å²) < 4.78 is 7.11. The number of nitrogens with zero attached hydrogens (tertiary/aromatic N) is 3. The molecular weight excluding hydrogens is 378 g/mol. The first-order valence-corrected chi connectivity index (χ1v) is 9.94. The van der Waals surface area contributed by atoms with Gasteiger partial charge in [-0.2, -0.15) is 0 Å². The van der Waals surface area contributed by atoms with Gasteiger partial charge < -0.3 is 20.0 Å². The van der Waals surface area contributed by atoms with Crippen molar-refractivity contribution in [2.45, 2.75) is 19.9 Å². The van der Waals surface area contributed by atoms with Gasteiger partial charge in [-0.3, -0.25) is 0 Å². The monoisotopic (exact) mass is 399 g/mol. The van der Waals surface area contributed by atoms with Crippen LogP contribution in [0, 0.1) is 0 Å². The Morgan fingerprint density at radius 2 is 1.83 bits per heavy atom. The molecule has 0 aliphatic rings. The fourth-order valence-electron chi connectivity index (χ4n) is 3.92. The lowest BCUT2D eigenvalue weighted by Gasteiger charge is -2.08. The van der Waals surface area contributed by atoms with E-state index in [2.05, 4.69) is 22.1 Å². The number of esters is 1. The molecule has 0 spiro atoms. The summed E-state index contributed by atoms with van der Waals surface area (Å²) in [4.78, 5) is 25.4. The molecule has 5 aromatic rings. The number of para-hydroxylation sites is 3. The van der Waals surface area contributed by atoms with Crippen molar-refractivity contribution in [3.05, 3.63) is 65.9 Å². The van der Waals surface area contributed by atoms with Gasteiger partial charge in [0.25, 0.3) is 0 Å². The van der Waals surface area contributed by atoms with E-state index in [1.165, 1.54) is 10.9 Å². The number of nitrogens with two attached hydrogens (primary N) is 1. The third-order valence-electron chi connectivity index (χ3n) is 5.35. The van der Waals surface area contributed by atoms with Crippen LogP contribution in [0.4, 0.5) is 5.82 Å². The number of H-pyrrole nitrogens is 1. The van der Waals surface area contributed by atoms with Crippen molar-refractivity contribution >= 4 is 44.9 Å². The maximum atomic E-state index is 12.6. The van der Waals surface area contributed by atoms with E-state index < -0.39 is 5.97 Å². The van der Waals surface area contributed by atoms with Crippen LogP contribution >= 0.6 is 0 Å². The molecule has 0 unspecified atom stereocenters. The van der Waals surface area contributed by atoms with Gasteiger partial charge in [0.15, 0.2) is 5.65 Å².